The summed E-state index contributed by atoms with van der Waals surface area (Å²) in [4.78, 5) is 11.8. The lowest BCUT2D eigenvalue weighted by Crippen LogP contribution is -2.38. The molecule has 0 saturated heterocycles. The Bertz CT molecular complexity index is 405. The number of carbonyl (C=O) groups is 1. The summed E-state index contributed by atoms with van der Waals surface area (Å²) in [6, 6.07) is 8.40. The third-order valence-electron chi connectivity index (χ3n) is 3.90. The van der Waals surface area contributed by atoms with E-state index in [1.54, 1.807) is 0 Å². The van der Waals surface area contributed by atoms with Crippen LogP contribution in [0.15, 0.2) is 24.3 Å². The quantitative estimate of drug-likeness (QED) is 0.873. The van der Waals surface area contributed by atoms with Gasteiger partial charge in [-0.2, -0.15) is 0 Å². The lowest BCUT2D eigenvalue weighted by Gasteiger charge is -2.26. The molecule has 0 heterocycles. The van der Waals surface area contributed by atoms with Crippen LogP contribution in [0.2, 0.25) is 0 Å². The minimum absolute atomic E-state index is 0.0440. The Morgan fingerprint density at radius 3 is 2.42 bits per heavy atom. The van der Waals surface area contributed by atoms with E-state index >= 15 is 0 Å². The topological polar surface area (TPSA) is 41.1 Å². The summed E-state index contributed by atoms with van der Waals surface area (Å²) in [7, 11) is 0. The van der Waals surface area contributed by atoms with Crippen LogP contribution in [0.1, 0.15) is 38.2 Å². The van der Waals surface area contributed by atoms with Crippen molar-refractivity contribution in [2.45, 2.75) is 45.6 Å². The van der Waals surface area contributed by atoms with E-state index in [4.69, 9.17) is 0 Å². The number of hydrogen-bond acceptors (Lipinski definition) is 2. The van der Waals surface area contributed by atoms with Gasteiger partial charge in [-0.15, -0.1) is 0 Å². The highest BCUT2D eigenvalue weighted by atomic mass is 16.1. The average molecular weight is 260 g/mol. The van der Waals surface area contributed by atoms with Crippen molar-refractivity contribution in [1.29, 1.82) is 0 Å². The van der Waals surface area contributed by atoms with Gasteiger partial charge in [0.05, 0.1) is 6.54 Å². The summed E-state index contributed by atoms with van der Waals surface area (Å²) in [5.74, 6) is 0.891. The van der Waals surface area contributed by atoms with Gasteiger partial charge in [0.25, 0.3) is 0 Å². The normalized spacial score (nSPS) is 23.1. The molecule has 1 aromatic rings. The Kier molecular flexibility index (Phi) is 4.97. The van der Waals surface area contributed by atoms with Crippen molar-refractivity contribution in [2.24, 2.45) is 5.92 Å². The standard InChI is InChI=1S/C16H24N2O/c1-12-3-7-14(8-4-12)17-11-16(19)18-15-9-5-13(2)6-10-15/h5-6,9-10,12,14,17H,3-4,7-8,11H2,1-2H3,(H,18,19). The van der Waals surface area contributed by atoms with Crippen molar-refractivity contribution in [3.63, 3.8) is 0 Å². The molecule has 1 aliphatic rings. The van der Waals surface area contributed by atoms with Gasteiger partial charge >= 0.3 is 0 Å². The number of rotatable bonds is 4. The van der Waals surface area contributed by atoms with Gasteiger partial charge in [-0.05, 0) is 50.7 Å². The highest BCUT2D eigenvalue weighted by molar-refractivity contribution is 5.92. The molecule has 1 fully saturated rings. The zero-order valence-electron chi connectivity index (χ0n) is 11.9. The van der Waals surface area contributed by atoms with Gasteiger partial charge in [-0.3, -0.25) is 4.79 Å². The van der Waals surface area contributed by atoms with Crippen molar-refractivity contribution in [2.75, 3.05) is 11.9 Å². The predicted octanol–water partition coefficient (Wildman–Crippen LogP) is 3.10. The van der Waals surface area contributed by atoms with Gasteiger partial charge < -0.3 is 10.6 Å². The second-order valence-electron chi connectivity index (χ2n) is 5.75. The van der Waals surface area contributed by atoms with Gasteiger partial charge in [0.2, 0.25) is 5.91 Å². The largest absolute Gasteiger partial charge is 0.325 e. The van der Waals surface area contributed by atoms with Crippen LogP contribution in [0.25, 0.3) is 0 Å². The molecular formula is C16H24N2O. The lowest BCUT2D eigenvalue weighted by molar-refractivity contribution is -0.115. The third-order valence-corrected chi connectivity index (χ3v) is 3.90. The summed E-state index contributed by atoms with van der Waals surface area (Å²) < 4.78 is 0. The number of nitrogens with one attached hydrogen (secondary N) is 2. The van der Waals surface area contributed by atoms with Crippen LogP contribution < -0.4 is 10.6 Å². The van der Waals surface area contributed by atoms with E-state index in [0.29, 0.717) is 12.6 Å². The van der Waals surface area contributed by atoms with Crippen molar-refractivity contribution in [1.82, 2.24) is 5.32 Å². The molecule has 0 atom stereocenters. The highest BCUT2D eigenvalue weighted by Crippen LogP contribution is 2.23. The van der Waals surface area contributed by atoms with E-state index in [1.165, 1.54) is 31.2 Å². The summed E-state index contributed by atoms with van der Waals surface area (Å²) >= 11 is 0. The van der Waals surface area contributed by atoms with Crippen LogP contribution in [0, 0.1) is 12.8 Å². The maximum Gasteiger partial charge on any atom is 0.238 e. The first-order chi connectivity index (χ1) is 9.13. The van der Waals surface area contributed by atoms with E-state index in [1.807, 2.05) is 31.2 Å². The minimum atomic E-state index is 0.0440. The van der Waals surface area contributed by atoms with Crippen molar-refractivity contribution in [3.05, 3.63) is 29.8 Å². The molecular weight excluding hydrogens is 236 g/mol. The Balaban J connectivity index is 1.71. The average Bonchev–Trinajstić information content (AvgIpc) is 2.41. The first-order valence-corrected chi connectivity index (χ1v) is 7.23. The van der Waals surface area contributed by atoms with Crippen LogP contribution in [0.4, 0.5) is 5.69 Å². The van der Waals surface area contributed by atoms with Gasteiger partial charge in [0.1, 0.15) is 0 Å². The SMILES string of the molecule is Cc1ccc(NC(=O)CNC2CCC(C)CC2)cc1. The Hall–Kier alpha value is -1.35. The molecule has 0 aliphatic heterocycles. The van der Waals surface area contributed by atoms with Gasteiger partial charge in [0.15, 0.2) is 0 Å². The molecule has 0 spiro atoms. The van der Waals surface area contributed by atoms with Crippen LogP contribution in [-0.4, -0.2) is 18.5 Å². The monoisotopic (exact) mass is 260 g/mol. The zero-order chi connectivity index (χ0) is 13.7. The predicted molar refractivity (Wildman–Crippen MR) is 79.2 cm³/mol. The van der Waals surface area contributed by atoms with Crippen LogP contribution in [0.5, 0.6) is 0 Å². The summed E-state index contributed by atoms with van der Waals surface area (Å²) in [6.07, 6.45) is 4.94. The molecule has 1 amide bonds. The molecule has 3 nitrogen and oxygen atoms in total. The molecule has 104 valence electrons. The van der Waals surface area contributed by atoms with E-state index in [-0.39, 0.29) is 5.91 Å². The Morgan fingerprint density at radius 1 is 1.16 bits per heavy atom. The Labute approximate surface area is 115 Å². The first kappa shape index (κ1) is 14.1. The number of hydrogen-bond donors (Lipinski definition) is 2. The molecule has 0 aromatic heterocycles. The van der Waals surface area contributed by atoms with Crippen molar-refractivity contribution < 1.29 is 4.79 Å². The molecule has 19 heavy (non-hydrogen) atoms. The number of benzene rings is 1. The molecule has 3 heteroatoms. The fourth-order valence-corrected chi connectivity index (χ4v) is 2.54. The summed E-state index contributed by atoms with van der Waals surface area (Å²) in [5, 5.41) is 6.28. The first-order valence-electron chi connectivity index (χ1n) is 7.23. The van der Waals surface area contributed by atoms with Crippen LogP contribution in [-0.2, 0) is 4.79 Å². The molecule has 0 unspecified atom stereocenters. The molecule has 1 aliphatic carbocycles. The molecule has 1 saturated carbocycles. The maximum atomic E-state index is 11.8. The fraction of sp³-hybridized carbons (Fsp3) is 0.562. The Morgan fingerprint density at radius 2 is 1.79 bits per heavy atom. The number of amides is 1. The van der Waals surface area contributed by atoms with E-state index in [9.17, 15) is 4.79 Å². The second-order valence-corrected chi connectivity index (χ2v) is 5.75. The fourth-order valence-electron chi connectivity index (χ4n) is 2.54. The van der Waals surface area contributed by atoms with Gasteiger partial charge in [-0.25, -0.2) is 0 Å². The molecule has 2 N–H and O–H groups in total. The van der Waals surface area contributed by atoms with E-state index < -0.39 is 0 Å². The second kappa shape index (κ2) is 6.71. The van der Waals surface area contributed by atoms with Crippen LogP contribution in [0.3, 0.4) is 0 Å². The smallest absolute Gasteiger partial charge is 0.238 e. The third kappa shape index (κ3) is 4.67. The highest BCUT2D eigenvalue weighted by Gasteiger charge is 2.18. The molecule has 0 bridgehead atoms. The molecule has 1 aromatic carbocycles. The number of carbonyl (C=O) groups excluding carboxylic acids is 1. The number of anilines is 1. The lowest BCUT2D eigenvalue weighted by atomic mass is 9.87. The molecule has 2 rings (SSSR count). The van der Waals surface area contributed by atoms with E-state index in [2.05, 4.69) is 17.6 Å². The minimum Gasteiger partial charge on any atom is -0.325 e. The molecule has 0 radical (unpaired) electrons. The van der Waals surface area contributed by atoms with E-state index in [0.717, 1.165) is 11.6 Å². The van der Waals surface area contributed by atoms with Crippen molar-refractivity contribution in [3.8, 4) is 0 Å². The maximum absolute atomic E-state index is 11.8. The number of aryl methyl sites for hydroxylation is 1. The van der Waals surface area contributed by atoms with Crippen LogP contribution >= 0.6 is 0 Å². The summed E-state index contributed by atoms with van der Waals surface area (Å²) in [5.41, 5.74) is 2.07. The van der Waals surface area contributed by atoms with Gasteiger partial charge in [-0.1, -0.05) is 24.6 Å². The zero-order valence-corrected chi connectivity index (χ0v) is 11.9. The van der Waals surface area contributed by atoms with Crippen molar-refractivity contribution >= 4 is 11.6 Å². The van der Waals surface area contributed by atoms with Gasteiger partial charge in [0, 0.05) is 11.7 Å². The summed E-state index contributed by atoms with van der Waals surface area (Å²) in [6.45, 7) is 4.75.